The molecule has 3 aromatic rings. The Bertz CT molecular complexity index is 1050. The molecule has 1 N–H and O–H groups in total. The molecular weight excluding hydrogens is 346 g/mol. The first-order chi connectivity index (χ1) is 13.7. The van der Waals surface area contributed by atoms with Gasteiger partial charge in [0.15, 0.2) is 0 Å². The van der Waals surface area contributed by atoms with Crippen LogP contribution < -0.4 is 0 Å². The van der Waals surface area contributed by atoms with Crippen molar-refractivity contribution in [2.24, 2.45) is 0 Å². The van der Waals surface area contributed by atoms with Gasteiger partial charge in [-0.15, -0.1) is 0 Å². The van der Waals surface area contributed by atoms with Crippen LogP contribution in [0.4, 0.5) is 0 Å². The van der Waals surface area contributed by atoms with Crippen molar-refractivity contribution in [3.63, 3.8) is 0 Å². The molecule has 3 aromatic heterocycles. The van der Waals surface area contributed by atoms with Gasteiger partial charge in [-0.2, -0.15) is 0 Å². The van der Waals surface area contributed by atoms with Gasteiger partial charge in [0, 0.05) is 35.9 Å². The summed E-state index contributed by atoms with van der Waals surface area (Å²) >= 11 is 0. The van der Waals surface area contributed by atoms with E-state index in [9.17, 15) is 5.11 Å². The summed E-state index contributed by atoms with van der Waals surface area (Å²) < 4.78 is 0. The quantitative estimate of drug-likeness (QED) is 0.718. The van der Waals surface area contributed by atoms with Gasteiger partial charge >= 0.3 is 0 Å². The highest BCUT2D eigenvalue weighted by Crippen LogP contribution is 2.14. The van der Waals surface area contributed by atoms with Crippen molar-refractivity contribution in [3.8, 4) is 23.7 Å². The highest BCUT2D eigenvalue weighted by molar-refractivity contribution is 5.51. The molecule has 1 atom stereocenters. The first-order valence-corrected chi connectivity index (χ1v) is 8.95. The Kier molecular flexibility index (Phi) is 6.68. The van der Waals surface area contributed by atoms with Crippen molar-refractivity contribution in [2.75, 3.05) is 0 Å². The van der Waals surface area contributed by atoms with E-state index in [4.69, 9.17) is 0 Å². The SMILES string of the molecule is CCC(O)c1ccc(C#Cc2ccc(/C=C/C#Cc3cccnc3)nc2)nc1. The maximum atomic E-state index is 9.79. The van der Waals surface area contributed by atoms with Crippen molar-refractivity contribution in [1.29, 1.82) is 0 Å². The van der Waals surface area contributed by atoms with Crippen molar-refractivity contribution >= 4 is 6.08 Å². The summed E-state index contributed by atoms with van der Waals surface area (Å²) in [7, 11) is 0. The Morgan fingerprint density at radius 1 is 0.964 bits per heavy atom. The highest BCUT2D eigenvalue weighted by Gasteiger charge is 2.03. The van der Waals surface area contributed by atoms with Gasteiger partial charge in [-0.3, -0.25) is 9.97 Å². The largest absolute Gasteiger partial charge is 0.388 e. The molecule has 28 heavy (non-hydrogen) atoms. The van der Waals surface area contributed by atoms with Crippen molar-refractivity contribution in [3.05, 3.63) is 95.3 Å². The van der Waals surface area contributed by atoms with Crippen LogP contribution >= 0.6 is 0 Å². The standard InChI is InChI=1S/C24H19N3O/c1-2-24(28)21-11-14-23(27-18-21)13-10-20-9-12-22(26-17-20)8-4-3-6-19-7-5-15-25-16-19/h4-5,7-9,11-12,14-18,24,28H,2H2,1H3/b8-4+. The van der Waals surface area contributed by atoms with Gasteiger partial charge in [-0.25, -0.2) is 4.98 Å². The predicted molar refractivity (Wildman–Crippen MR) is 110 cm³/mol. The first-order valence-electron chi connectivity index (χ1n) is 8.95. The van der Waals surface area contributed by atoms with Crippen LogP contribution in [0.2, 0.25) is 0 Å². The third-order valence-corrected chi connectivity index (χ3v) is 3.89. The Balaban J connectivity index is 1.61. The van der Waals surface area contributed by atoms with Crippen LogP contribution in [-0.4, -0.2) is 20.1 Å². The number of aromatic nitrogens is 3. The van der Waals surface area contributed by atoms with Crippen LogP contribution in [0.15, 0.2) is 67.3 Å². The number of nitrogens with zero attached hydrogens (tertiary/aromatic N) is 3. The Labute approximate surface area is 165 Å². The topological polar surface area (TPSA) is 58.9 Å². The van der Waals surface area contributed by atoms with Gasteiger partial charge in [0.2, 0.25) is 0 Å². The average Bonchev–Trinajstić information content (AvgIpc) is 2.76. The second-order valence-electron chi connectivity index (χ2n) is 5.97. The predicted octanol–water partition coefficient (Wildman–Crippen LogP) is 3.78. The fourth-order valence-corrected chi connectivity index (χ4v) is 2.31. The van der Waals surface area contributed by atoms with Crippen LogP contribution in [0.25, 0.3) is 6.08 Å². The lowest BCUT2D eigenvalue weighted by atomic mass is 10.1. The number of pyridine rings is 3. The lowest BCUT2D eigenvalue weighted by Gasteiger charge is -2.06. The minimum absolute atomic E-state index is 0.478. The Morgan fingerprint density at radius 2 is 1.86 bits per heavy atom. The lowest BCUT2D eigenvalue weighted by Crippen LogP contribution is -1.96. The number of hydrogen-bond donors (Lipinski definition) is 1. The smallest absolute Gasteiger partial charge is 0.113 e. The monoisotopic (exact) mass is 365 g/mol. The molecule has 0 spiro atoms. The second-order valence-corrected chi connectivity index (χ2v) is 5.97. The molecule has 0 aromatic carbocycles. The van der Waals surface area contributed by atoms with Crippen LogP contribution in [0.3, 0.4) is 0 Å². The fraction of sp³-hybridized carbons (Fsp3) is 0.125. The molecule has 3 rings (SSSR count). The molecule has 1 unspecified atom stereocenters. The van der Waals surface area contributed by atoms with Crippen molar-refractivity contribution < 1.29 is 5.11 Å². The third-order valence-electron chi connectivity index (χ3n) is 3.89. The summed E-state index contributed by atoms with van der Waals surface area (Å²) in [4.78, 5) is 12.7. The van der Waals surface area contributed by atoms with Gasteiger partial charge in [0.1, 0.15) is 5.69 Å². The van der Waals surface area contributed by atoms with Gasteiger partial charge < -0.3 is 5.11 Å². The summed E-state index contributed by atoms with van der Waals surface area (Å²) in [6.07, 6.45) is 10.6. The number of aliphatic hydroxyl groups excluding tert-OH is 1. The maximum Gasteiger partial charge on any atom is 0.113 e. The Hall–Kier alpha value is -3.73. The maximum absolute atomic E-state index is 9.79. The van der Waals surface area contributed by atoms with Gasteiger partial charge in [0.05, 0.1) is 11.8 Å². The van der Waals surface area contributed by atoms with Gasteiger partial charge in [-0.05, 0) is 60.4 Å². The van der Waals surface area contributed by atoms with Crippen LogP contribution in [0, 0.1) is 23.7 Å². The zero-order valence-corrected chi connectivity index (χ0v) is 15.5. The summed E-state index contributed by atoms with van der Waals surface area (Å²) in [5.41, 5.74) is 3.94. The zero-order chi connectivity index (χ0) is 19.6. The minimum Gasteiger partial charge on any atom is -0.388 e. The van der Waals surface area contributed by atoms with Gasteiger partial charge in [-0.1, -0.05) is 30.8 Å². The van der Waals surface area contributed by atoms with E-state index in [1.165, 1.54) is 0 Å². The molecule has 3 heterocycles. The van der Waals surface area contributed by atoms with Crippen LogP contribution in [0.1, 0.15) is 47.5 Å². The molecule has 0 amide bonds. The number of rotatable bonds is 3. The van der Waals surface area contributed by atoms with E-state index >= 15 is 0 Å². The summed E-state index contributed by atoms with van der Waals surface area (Å²) in [5.74, 6) is 12.0. The van der Waals surface area contributed by atoms with Gasteiger partial charge in [0.25, 0.3) is 0 Å². The van der Waals surface area contributed by atoms with E-state index < -0.39 is 6.10 Å². The number of aliphatic hydroxyl groups is 1. The Morgan fingerprint density at radius 3 is 2.54 bits per heavy atom. The molecule has 4 nitrogen and oxygen atoms in total. The van der Waals surface area contributed by atoms with E-state index in [0.717, 1.165) is 22.4 Å². The summed E-state index contributed by atoms with van der Waals surface area (Å²) in [6, 6.07) is 11.2. The molecule has 0 aliphatic rings. The normalized spacial score (nSPS) is 11.2. The highest BCUT2D eigenvalue weighted by atomic mass is 16.3. The molecule has 0 saturated carbocycles. The lowest BCUT2D eigenvalue weighted by molar-refractivity contribution is 0.173. The molecule has 4 heteroatoms. The molecule has 0 saturated heterocycles. The van der Waals surface area contributed by atoms with Crippen LogP contribution in [-0.2, 0) is 0 Å². The van der Waals surface area contributed by atoms with E-state index in [-0.39, 0.29) is 0 Å². The molecule has 0 radical (unpaired) electrons. The number of hydrogen-bond acceptors (Lipinski definition) is 4. The van der Waals surface area contributed by atoms with Crippen molar-refractivity contribution in [2.45, 2.75) is 19.4 Å². The summed E-state index contributed by atoms with van der Waals surface area (Å²) in [6.45, 7) is 1.93. The van der Waals surface area contributed by atoms with E-state index in [0.29, 0.717) is 12.1 Å². The number of allylic oxidation sites excluding steroid dienone is 1. The van der Waals surface area contributed by atoms with Crippen molar-refractivity contribution in [1.82, 2.24) is 15.0 Å². The van der Waals surface area contributed by atoms with Crippen LogP contribution in [0.5, 0.6) is 0 Å². The van der Waals surface area contributed by atoms with E-state index in [1.54, 1.807) is 30.9 Å². The van der Waals surface area contributed by atoms with E-state index in [2.05, 4.69) is 38.6 Å². The molecule has 0 aliphatic heterocycles. The molecule has 136 valence electrons. The third kappa shape index (κ3) is 5.64. The first kappa shape index (κ1) is 19.0. The summed E-state index contributed by atoms with van der Waals surface area (Å²) in [5, 5.41) is 9.79. The molecule has 0 fully saturated rings. The molecule has 0 bridgehead atoms. The molecule has 0 aliphatic carbocycles. The molecular formula is C24H19N3O. The van der Waals surface area contributed by atoms with E-state index in [1.807, 2.05) is 49.4 Å². The zero-order valence-electron chi connectivity index (χ0n) is 15.5. The second kappa shape index (κ2) is 9.83. The minimum atomic E-state index is -0.478. The average molecular weight is 365 g/mol. The fourth-order valence-electron chi connectivity index (χ4n) is 2.31.